The van der Waals surface area contributed by atoms with Crippen LogP contribution in [0, 0.1) is 0 Å². The van der Waals surface area contributed by atoms with Crippen LogP contribution in [0.15, 0.2) is 36.7 Å². The first-order chi connectivity index (χ1) is 12.5. The Kier molecular flexibility index (Phi) is 4.75. The van der Waals surface area contributed by atoms with E-state index in [9.17, 15) is 14.4 Å². The number of aromatic nitrogens is 2. The predicted octanol–water partition coefficient (Wildman–Crippen LogP) is 0.837. The summed E-state index contributed by atoms with van der Waals surface area (Å²) >= 11 is 0. The molecule has 1 saturated heterocycles. The van der Waals surface area contributed by atoms with Crippen molar-refractivity contribution in [3.8, 4) is 0 Å². The molecular weight excluding hydrogens is 334 g/mol. The second-order valence-corrected chi connectivity index (χ2v) is 6.30. The predicted molar refractivity (Wildman–Crippen MR) is 94.3 cm³/mol. The Balaban J connectivity index is 1.78. The highest BCUT2D eigenvalue weighted by atomic mass is 16.2. The van der Waals surface area contributed by atoms with Gasteiger partial charge in [-0.25, -0.2) is 9.78 Å². The Morgan fingerprint density at radius 3 is 2.54 bits per heavy atom. The lowest BCUT2D eigenvalue weighted by molar-refractivity contribution is -0.124. The first-order valence-corrected chi connectivity index (χ1v) is 8.45. The van der Waals surface area contributed by atoms with Crippen molar-refractivity contribution in [2.24, 2.45) is 7.05 Å². The summed E-state index contributed by atoms with van der Waals surface area (Å²) in [4.78, 5) is 40.8. The van der Waals surface area contributed by atoms with Crippen LogP contribution < -0.4 is 16.0 Å². The van der Waals surface area contributed by atoms with Gasteiger partial charge in [-0.2, -0.15) is 0 Å². The number of hydrogen-bond donors (Lipinski definition) is 3. The number of imidazole rings is 1. The molecule has 1 aromatic heterocycles. The summed E-state index contributed by atoms with van der Waals surface area (Å²) in [6.45, 7) is 1.99. The second-order valence-electron chi connectivity index (χ2n) is 6.30. The number of rotatable bonds is 6. The van der Waals surface area contributed by atoms with Gasteiger partial charge in [0, 0.05) is 25.0 Å². The zero-order valence-corrected chi connectivity index (χ0v) is 14.7. The number of carbonyl (C=O) groups excluding carboxylic acids is 3. The van der Waals surface area contributed by atoms with Gasteiger partial charge >= 0.3 is 6.03 Å². The van der Waals surface area contributed by atoms with Crippen LogP contribution in [0.2, 0.25) is 0 Å². The lowest BCUT2D eigenvalue weighted by atomic mass is 9.98. The molecule has 3 rings (SSSR count). The third-order valence-electron chi connectivity index (χ3n) is 4.41. The number of nitrogens with zero attached hydrogens (tertiary/aromatic N) is 2. The summed E-state index contributed by atoms with van der Waals surface area (Å²) in [6, 6.07) is 6.71. The van der Waals surface area contributed by atoms with Gasteiger partial charge in [0.2, 0.25) is 0 Å². The highest BCUT2D eigenvalue weighted by molar-refractivity contribution is 6.07. The van der Waals surface area contributed by atoms with Gasteiger partial charge in [-0.3, -0.25) is 14.9 Å². The van der Waals surface area contributed by atoms with Gasteiger partial charge in [0.05, 0.1) is 6.54 Å². The van der Waals surface area contributed by atoms with Crippen molar-refractivity contribution in [3.05, 3.63) is 53.6 Å². The maximum absolute atomic E-state index is 12.5. The number of carbonyl (C=O) groups is 3. The normalized spacial score (nSPS) is 19.2. The quantitative estimate of drug-likeness (QED) is 0.668. The molecule has 2 aromatic rings. The first-order valence-electron chi connectivity index (χ1n) is 8.45. The van der Waals surface area contributed by atoms with Crippen molar-refractivity contribution in [1.29, 1.82) is 0 Å². The average molecular weight is 355 g/mol. The van der Waals surface area contributed by atoms with Gasteiger partial charge in [-0.15, -0.1) is 0 Å². The van der Waals surface area contributed by atoms with E-state index in [1.165, 1.54) is 6.20 Å². The Hall–Kier alpha value is -3.16. The second kappa shape index (κ2) is 6.99. The number of urea groups is 1. The van der Waals surface area contributed by atoms with E-state index in [2.05, 4.69) is 27.9 Å². The Labute approximate surface area is 151 Å². The monoisotopic (exact) mass is 355 g/mol. The molecule has 1 aliphatic rings. The van der Waals surface area contributed by atoms with Crippen molar-refractivity contribution < 1.29 is 14.4 Å². The van der Waals surface area contributed by atoms with E-state index in [0.717, 1.165) is 18.4 Å². The summed E-state index contributed by atoms with van der Waals surface area (Å²) in [5, 5.41) is 7.54. The molecule has 0 radical (unpaired) electrons. The SMILES string of the molecule is CCCc1ccc(C(=O)NCC2(c3nccn3C)NC(=O)NC2=O)cc1. The number of benzene rings is 1. The molecule has 26 heavy (non-hydrogen) atoms. The van der Waals surface area contributed by atoms with E-state index in [0.29, 0.717) is 11.4 Å². The molecule has 8 nitrogen and oxygen atoms in total. The number of amides is 4. The summed E-state index contributed by atoms with van der Waals surface area (Å²) in [5.41, 5.74) is 0.216. The minimum atomic E-state index is -1.44. The van der Waals surface area contributed by atoms with Gasteiger partial charge in [-0.05, 0) is 24.1 Å². The van der Waals surface area contributed by atoms with Gasteiger partial charge in [-0.1, -0.05) is 25.5 Å². The largest absolute Gasteiger partial charge is 0.349 e. The van der Waals surface area contributed by atoms with Crippen LogP contribution in [-0.4, -0.2) is 33.9 Å². The molecule has 1 aliphatic heterocycles. The zero-order valence-electron chi connectivity index (χ0n) is 14.7. The smallest absolute Gasteiger partial charge is 0.322 e. The molecule has 8 heteroatoms. The molecule has 1 unspecified atom stereocenters. The van der Waals surface area contributed by atoms with Crippen molar-refractivity contribution >= 4 is 17.8 Å². The third-order valence-corrected chi connectivity index (χ3v) is 4.41. The van der Waals surface area contributed by atoms with E-state index < -0.39 is 17.5 Å². The standard InChI is InChI=1S/C18H21N5O3/c1-3-4-12-5-7-13(8-6-12)14(24)20-11-18(15-19-9-10-23(15)2)16(25)21-17(26)22-18/h5-10H,3-4,11H2,1-2H3,(H,20,24)(H2,21,22,25,26). The molecule has 1 aromatic carbocycles. The molecule has 1 fully saturated rings. The summed E-state index contributed by atoms with van der Waals surface area (Å²) < 4.78 is 1.64. The van der Waals surface area contributed by atoms with Crippen LogP contribution in [-0.2, 0) is 23.8 Å². The highest BCUT2D eigenvalue weighted by Crippen LogP contribution is 2.22. The minimum Gasteiger partial charge on any atom is -0.349 e. The van der Waals surface area contributed by atoms with Gasteiger partial charge in [0.25, 0.3) is 11.8 Å². The maximum atomic E-state index is 12.5. The maximum Gasteiger partial charge on any atom is 0.322 e. The van der Waals surface area contributed by atoms with Crippen molar-refractivity contribution in [2.75, 3.05) is 6.54 Å². The summed E-state index contributed by atoms with van der Waals surface area (Å²) in [6.07, 6.45) is 5.19. The fourth-order valence-corrected chi connectivity index (χ4v) is 3.06. The van der Waals surface area contributed by atoms with E-state index in [1.807, 2.05) is 12.1 Å². The van der Waals surface area contributed by atoms with E-state index in [4.69, 9.17) is 0 Å². The molecule has 0 spiro atoms. The zero-order chi connectivity index (χ0) is 18.7. The highest BCUT2D eigenvalue weighted by Gasteiger charge is 2.50. The molecule has 0 aliphatic carbocycles. The number of nitrogens with one attached hydrogen (secondary N) is 3. The molecule has 3 N–H and O–H groups in total. The van der Waals surface area contributed by atoms with E-state index in [1.54, 1.807) is 29.9 Å². The van der Waals surface area contributed by atoms with Crippen LogP contribution in [0.1, 0.15) is 35.1 Å². The molecule has 4 amide bonds. The molecule has 136 valence electrons. The summed E-state index contributed by atoms with van der Waals surface area (Å²) in [7, 11) is 1.72. The molecule has 0 bridgehead atoms. The van der Waals surface area contributed by atoms with Crippen LogP contribution in [0.4, 0.5) is 4.79 Å². The Bertz CT molecular complexity index is 843. The Morgan fingerprint density at radius 1 is 1.27 bits per heavy atom. The van der Waals surface area contributed by atoms with Crippen LogP contribution in [0.5, 0.6) is 0 Å². The average Bonchev–Trinajstić information content (AvgIpc) is 3.17. The fraction of sp³-hybridized carbons (Fsp3) is 0.333. The van der Waals surface area contributed by atoms with Gasteiger partial charge < -0.3 is 15.2 Å². The first kappa shape index (κ1) is 17.7. The van der Waals surface area contributed by atoms with Gasteiger partial charge in [0.15, 0.2) is 5.54 Å². The third kappa shape index (κ3) is 3.17. The van der Waals surface area contributed by atoms with Crippen molar-refractivity contribution in [2.45, 2.75) is 25.3 Å². The Morgan fingerprint density at radius 2 is 2.00 bits per heavy atom. The lowest BCUT2D eigenvalue weighted by Crippen LogP contribution is -2.54. The van der Waals surface area contributed by atoms with Crippen molar-refractivity contribution in [1.82, 2.24) is 25.5 Å². The number of hydrogen-bond acceptors (Lipinski definition) is 4. The van der Waals surface area contributed by atoms with Crippen LogP contribution in [0.3, 0.4) is 0 Å². The fourth-order valence-electron chi connectivity index (χ4n) is 3.06. The summed E-state index contributed by atoms with van der Waals surface area (Å²) in [5.74, 6) is -0.523. The molecular formula is C18H21N5O3. The molecule has 2 heterocycles. The number of aryl methyl sites for hydroxylation is 2. The topological polar surface area (TPSA) is 105 Å². The van der Waals surface area contributed by atoms with Crippen LogP contribution in [0.25, 0.3) is 0 Å². The van der Waals surface area contributed by atoms with E-state index in [-0.39, 0.29) is 12.5 Å². The van der Waals surface area contributed by atoms with Crippen LogP contribution >= 0.6 is 0 Å². The minimum absolute atomic E-state index is 0.106. The molecule has 0 saturated carbocycles. The van der Waals surface area contributed by atoms with E-state index >= 15 is 0 Å². The number of imide groups is 1. The lowest BCUT2D eigenvalue weighted by Gasteiger charge is -2.25. The molecule has 1 atom stereocenters. The van der Waals surface area contributed by atoms with Gasteiger partial charge in [0.1, 0.15) is 5.82 Å². The van der Waals surface area contributed by atoms with Crippen molar-refractivity contribution in [3.63, 3.8) is 0 Å².